The quantitative estimate of drug-likeness (QED) is 0.819. The lowest BCUT2D eigenvalue weighted by Gasteiger charge is -2.15. The van der Waals surface area contributed by atoms with Gasteiger partial charge < -0.3 is 10.6 Å². The van der Waals surface area contributed by atoms with E-state index in [4.69, 9.17) is 0 Å². The Morgan fingerprint density at radius 2 is 1.95 bits per heavy atom. The molecule has 6 nitrogen and oxygen atoms in total. The summed E-state index contributed by atoms with van der Waals surface area (Å²) < 4.78 is 24.1. The molecule has 1 heterocycles. The average Bonchev–Trinajstić information content (AvgIpc) is 2.64. The average molecular weight is 324 g/mol. The molecule has 0 spiro atoms. The van der Waals surface area contributed by atoms with Crippen molar-refractivity contribution in [3.8, 4) is 0 Å². The van der Waals surface area contributed by atoms with Crippen LogP contribution in [-0.4, -0.2) is 38.6 Å². The van der Waals surface area contributed by atoms with Gasteiger partial charge in [0, 0.05) is 6.54 Å². The Labute approximate surface area is 130 Å². The van der Waals surface area contributed by atoms with Crippen LogP contribution in [0.3, 0.4) is 0 Å². The zero-order valence-corrected chi connectivity index (χ0v) is 13.1. The summed E-state index contributed by atoms with van der Waals surface area (Å²) in [6.45, 7) is 0.595. The Bertz CT molecular complexity index is 628. The van der Waals surface area contributed by atoms with Gasteiger partial charge in [-0.05, 0) is 24.8 Å². The molecule has 2 N–H and O–H groups in total. The first-order chi connectivity index (χ1) is 10.5. The van der Waals surface area contributed by atoms with E-state index in [2.05, 4.69) is 10.6 Å². The van der Waals surface area contributed by atoms with Crippen LogP contribution in [-0.2, 0) is 25.2 Å². The SMILES string of the molecule is O=C(CS(=O)(=O)Cc1ccccc1)N[C@H]1CCCCNC1=O. The number of sulfone groups is 1. The fraction of sp³-hybridized carbons (Fsp3) is 0.467. The topological polar surface area (TPSA) is 92.3 Å². The summed E-state index contributed by atoms with van der Waals surface area (Å²) in [6.07, 6.45) is 2.22. The predicted molar refractivity (Wildman–Crippen MR) is 82.7 cm³/mol. The van der Waals surface area contributed by atoms with Crippen LogP contribution in [0, 0.1) is 0 Å². The lowest BCUT2D eigenvalue weighted by atomic mass is 10.1. The van der Waals surface area contributed by atoms with Crippen molar-refractivity contribution in [2.24, 2.45) is 0 Å². The number of carbonyl (C=O) groups is 2. The van der Waals surface area contributed by atoms with Crippen LogP contribution in [0.4, 0.5) is 0 Å². The first-order valence-electron chi connectivity index (χ1n) is 7.28. The van der Waals surface area contributed by atoms with Gasteiger partial charge in [0.1, 0.15) is 11.8 Å². The summed E-state index contributed by atoms with van der Waals surface area (Å²) >= 11 is 0. The van der Waals surface area contributed by atoms with Gasteiger partial charge in [-0.3, -0.25) is 9.59 Å². The molecule has 1 fully saturated rings. The van der Waals surface area contributed by atoms with Gasteiger partial charge in [-0.1, -0.05) is 30.3 Å². The second-order valence-corrected chi connectivity index (χ2v) is 7.49. The maximum absolute atomic E-state index is 12.0. The predicted octanol–water partition coefficient (Wildman–Crippen LogP) is 0.386. The Morgan fingerprint density at radius 1 is 1.23 bits per heavy atom. The van der Waals surface area contributed by atoms with Gasteiger partial charge >= 0.3 is 0 Å². The molecule has 2 rings (SSSR count). The summed E-state index contributed by atoms with van der Waals surface area (Å²) in [7, 11) is -3.55. The fourth-order valence-corrected chi connectivity index (χ4v) is 3.68. The molecule has 7 heteroatoms. The Balaban J connectivity index is 1.91. The maximum atomic E-state index is 12.0. The number of amides is 2. The molecule has 0 aliphatic carbocycles. The number of carbonyl (C=O) groups excluding carboxylic acids is 2. The first-order valence-corrected chi connectivity index (χ1v) is 9.10. The van der Waals surface area contributed by atoms with E-state index in [1.165, 1.54) is 0 Å². The molecule has 1 atom stereocenters. The van der Waals surface area contributed by atoms with Crippen LogP contribution in [0.2, 0.25) is 0 Å². The zero-order valence-electron chi connectivity index (χ0n) is 12.2. The fourth-order valence-electron chi connectivity index (χ4n) is 2.39. The molecule has 0 unspecified atom stereocenters. The van der Waals surface area contributed by atoms with Gasteiger partial charge in [-0.15, -0.1) is 0 Å². The van der Waals surface area contributed by atoms with E-state index in [9.17, 15) is 18.0 Å². The van der Waals surface area contributed by atoms with Crippen LogP contribution in [0.25, 0.3) is 0 Å². The smallest absolute Gasteiger partial charge is 0.242 e. The molecule has 0 saturated carbocycles. The summed E-state index contributed by atoms with van der Waals surface area (Å²) in [6, 6.07) is 8.07. The maximum Gasteiger partial charge on any atom is 0.242 e. The zero-order chi connectivity index (χ0) is 16.0. The molecule has 1 aliphatic rings. The summed E-state index contributed by atoms with van der Waals surface area (Å²) in [5.41, 5.74) is 0.641. The van der Waals surface area contributed by atoms with Crippen LogP contribution >= 0.6 is 0 Å². The molecular formula is C15H20N2O4S. The van der Waals surface area contributed by atoms with Gasteiger partial charge in [0.2, 0.25) is 11.8 Å². The molecule has 22 heavy (non-hydrogen) atoms. The molecule has 1 aromatic rings. The summed E-state index contributed by atoms with van der Waals surface area (Å²) in [5.74, 6) is -1.66. The molecule has 1 aliphatic heterocycles. The van der Waals surface area contributed by atoms with Crippen molar-refractivity contribution in [3.63, 3.8) is 0 Å². The van der Waals surface area contributed by atoms with Crippen molar-refractivity contribution in [3.05, 3.63) is 35.9 Å². The van der Waals surface area contributed by atoms with Crippen molar-refractivity contribution < 1.29 is 18.0 Å². The molecule has 120 valence electrons. The molecule has 0 aromatic heterocycles. The van der Waals surface area contributed by atoms with E-state index < -0.39 is 27.5 Å². The summed E-state index contributed by atoms with van der Waals surface area (Å²) in [4.78, 5) is 23.6. The van der Waals surface area contributed by atoms with E-state index in [0.717, 1.165) is 12.8 Å². The lowest BCUT2D eigenvalue weighted by molar-refractivity contribution is -0.127. The number of hydrogen-bond donors (Lipinski definition) is 2. The number of rotatable bonds is 5. The van der Waals surface area contributed by atoms with E-state index >= 15 is 0 Å². The van der Waals surface area contributed by atoms with Gasteiger partial charge in [-0.25, -0.2) is 8.42 Å². The largest absolute Gasteiger partial charge is 0.354 e. The van der Waals surface area contributed by atoms with Crippen molar-refractivity contribution in [1.82, 2.24) is 10.6 Å². The normalized spacial score (nSPS) is 19.1. The second kappa shape index (κ2) is 7.40. The molecule has 0 bridgehead atoms. The standard InChI is InChI=1S/C15H20N2O4S/c18-14(17-13-8-4-5-9-16-15(13)19)11-22(20,21)10-12-6-2-1-3-7-12/h1-3,6-7,13H,4-5,8-11H2,(H,16,19)(H,17,18)/t13-/m0/s1. The van der Waals surface area contributed by atoms with Gasteiger partial charge in [-0.2, -0.15) is 0 Å². The van der Waals surface area contributed by atoms with Crippen LogP contribution < -0.4 is 10.6 Å². The van der Waals surface area contributed by atoms with Gasteiger partial charge in [0.15, 0.2) is 9.84 Å². The van der Waals surface area contributed by atoms with Gasteiger partial charge in [0.25, 0.3) is 0 Å². The molecule has 0 radical (unpaired) electrons. The minimum atomic E-state index is -3.55. The third-order valence-electron chi connectivity index (χ3n) is 3.45. The molecule has 1 aromatic carbocycles. The van der Waals surface area contributed by atoms with E-state index in [1.54, 1.807) is 30.3 Å². The Hall–Kier alpha value is -1.89. The van der Waals surface area contributed by atoms with E-state index in [0.29, 0.717) is 18.5 Å². The van der Waals surface area contributed by atoms with Crippen LogP contribution in [0.1, 0.15) is 24.8 Å². The third kappa shape index (κ3) is 5.14. The number of hydrogen-bond acceptors (Lipinski definition) is 4. The monoisotopic (exact) mass is 324 g/mol. The third-order valence-corrected chi connectivity index (χ3v) is 4.93. The Kier molecular flexibility index (Phi) is 5.54. The molecule has 2 amide bonds. The molecular weight excluding hydrogens is 304 g/mol. The van der Waals surface area contributed by atoms with E-state index in [1.807, 2.05) is 0 Å². The highest BCUT2D eigenvalue weighted by Crippen LogP contribution is 2.08. The number of nitrogens with one attached hydrogen (secondary N) is 2. The Morgan fingerprint density at radius 3 is 2.68 bits per heavy atom. The minimum absolute atomic E-state index is 0.182. The van der Waals surface area contributed by atoms with Crippen molar-refractivity contribution in [1.29, 1.82) is 0 Å². The summed E-state index contributed by atoms with van der Waals surface area (Å²) in [5, 5.41) is 5.22. The highest BCUT2D eigenvalue weighted by Gasteiger charge is 2.25. The highest BCUT2D eigenvalue weighted by molar-refractivity contribution is 7.91. The first kappa shape index (κ1) is 16.5. The highest BCUT2D eigenvalue weighted by atomic mass is 32.2. The van der Waals surface area contributed by atoms with Crippen molar-refractivity contribution >= 4 is 21.7 Å². The van der Waals surface area contributed by atoms with Gasteiger partial charge in [0.05, 0.1) is 5.75 Å². The lowest BCUT2D eigenvalue weighted by Crippen LogP contribution is -2.47. The van der Waals surface area contributed by atoms with Crippen molar-refractivity contribution in [2.45, 2.75) is 31.1 Å². The van der Waals surface area contributed by atoms with E-state index in [-0.39, 0.29) is 11.7 Å². The van der Waals surface area contributed by atoms with Crippen molar-refractivity contribution in [2.75, 3.05) is 12.3 Å². The van der Waals surface area contributed by atoms with Crippen LogP contribution in [0.15, 0.2) is 30.3 Å². The number of benzene rings is 1. The second-order valence-electron chi connectivity index (χ2n) is 5.42. The minimum Gasteiger partial charge on any atom is -0.354 e. The molecule has 1 saturated heterocycles. The van der Waals surface area contributed by atoms with Crippen LogP contribution in [0.5, 0.6) is 0 Å².